The molecule has 1 aromatic heterocycles. The molecule has 1 amide bonds. The third-order valence-corrected chi connectivity index (χ3v) is 3.57. The van der Waals surface area contributed by atoms with Gasteiger partial charge in [-0.15, -0.1) is 0 Å². The van der Waals surface area contributed by atoms with Crippen molar-refractivity contribution in [2.24, 2.45) is 5.41 Å². The molecule has 1 N–H and O–H groups in total. The van der Waals surface area contributed by atoms with Crippen LogP contribution in [0.3, 0.4) is 0 Å². The zero-order chi connectivity index (χ0) is 13.0. The summed E-state index contributed by atoms with van der Waals surface area (Å²) in [7, 11) is 0. The van der Waals surface area contributed by atoms with E-state index in [1.54, 1.807) is 12.1 Å². The van der Waals surface area contributed by atoms with Crippen LogP contribution in [0.1, 0.15) is 30.1 Å². The number of amides is 1. The van der Waals surface area contributed by atoms with Crippen molar-refractivity contribution in [3.05, 3.63) is 29.0 Å². The molecule has 1 fully saturated rings. The van der Waals surface area contributed by atoms with E-state index in [0.29, 0.717) is 17.3 Å². The third-order valence-electron chi connectivity index (χ3n) is 3.36. The van der Waals surface area contributed by atoms with E-state index < -0.39 is 0 Å². The van der Waals surface area contributed by atoms with E-state index in [0.717, 1.165) is 26.1 Å². The predicted molar refractivity (Wildman–Crippen MR) is 69.7 cm³/mol. The summed E-state index contributed by atoms with van der Waals surface area (Å²) in [6.07, 6.45) is 3.49. The zero-order valence-electron chi connectivity index (χ0n) is 10.4. The summed E-state index contributed by atoms with van der Waals surface area (Å²) in [4.78, 5) is 15.8. The second kappa shape index (κ2) is 5.67. The zero-order valence-corrected chi connectivity index (χ0v) is 11.2. The second-order valence-corrected chi connectivity index (χ2v) is 5.36. The van der Waals surface area contributed by atoms with Crippen molar-refractivity contribution in [2.45, 2.75) is 19.8 Å². The molecule has 0 spiro atoms. The van der Waals surface area contributed by atoms with Crippen LogP contribution >= 0.6 is 11.6 Å². The monoisotopic (exact) mass is 268 g/mol. The number of nitrogens with zero attached hydrogens (tertiary/aromatic N) is 1. The molecule has 5 heteroatoms. The van der Waals surface area contributed by atoms with Crippen LogP contribution in [-0.2, 0) is 4.74 Å². The number of carbonyl (C=O) groups excluding carboxylic acids is 1. The summed E-state index contributed by atoms with van der Waals surface area (Å²) in [5, 5.41) is 3.29. The highest BCUT2D eigenvalue weighted by Gasteiger charge is 2.27. The largest absolute Gasteiger partial charge is 0.381 e. The Morgan fingerprint density at radius 3 is 2.94 bits per heavy atom. The average Bonchev–Trinajstić information content (AvgIpc) is 2.37. The fourth-order valence-corrected chi connectivity index (χ4v) is 2.15. The average molecular weight is 269 g/mol. The molecule has 1 aromatic rings. The smallest absolute Gasteiger partial charge is 0.251 e. The number of pyridine rings is 1. The van der Waals surface area contributed by atoms with Gasteiger partial charge in [0.25, 0.3) is 5.91 Å². The van der Waals surface area contributed by atoms with Gasteiger partial charge in [0, 0.05) is 31.5 Å². The molecule has 1 aliphatic heterocycles. The third kappa shape index (κ3) is 3.43. The number of ether oxygens (including phenoxy) is 1. The number of rotatable bonds is 3. The molecule has 98 valence electrons. The Labute approximate surface area is 112 Å². The highest BCUT2D eigenvalue weighted by molar-refractivity contribution is 6.29. The molecule has 0 radical (unpaired) electrons. The van der Waals surface area contributed by atoms with Gasteiger partial charge in [0.2, 0.25) is 0 Å². The van der Waals surface area contributed by atoms with Crippen molar-refractivity contribution >= 4 is 17.5 Å². The molecule has 0 atom stereocenters. The van der Waals surface area contributed by atoms with Crippen LogP contribution in [-0.4, -0.2) is 30.6 Å². The Balaban J connectivity index is 1.92. The van der Waals surface area contributed by atoms with Crippen LogP contribution in [0.5, 0.6) is 0 Å². The maximum atomic E-state index is 12.0. The predicted octanol–water partition coefficient (Wildman–Crippen LogP) is 2.28. The van der Waals surface area contributed by atoms with Gasteiger partial charge in [-0.1, -0.05) is 18.5 Å². The maximum Gasteiger partial charge on any atom is 0.251 e. The summed E-state index contributed by atoms with van der Waals surface area (Å²) < 4.78 is 5.33. The highest BCUT2D eigenvalue weighted by Crippen LogP contribution is 2.28. The second-order valence-electron chi connectivity index (χ2n) is 4.97. The molecule has 18 heavy (non-hydrogen) atoms. The van der Waals surface area contributed by atoms with Crippen molar-refractivity contribution in [3.8, 4) is 0 Å². The van der Waals surface area contributed by atoms with Gasteiger partial charge in [0.1, 0.15) is 5.15 Å². The molecule has 2 heterocycles. The summed E-state index contributed by atoms with van der Waals surface area (Å²) in [5.74, 6) is -0.105. The Morgan fingerprint density at radius 1 is 1.56 bits per heavy atom. The van der Waals surface area contributed by atoms with Gasteiger partial charge >= 0.3 is 0 Å². The van der Waals surface area contributed by atoms with Crippen molar-refractivity contribution in [3.63, 3.8) is 0 Å². The first-order chi connectivity index (χ1) is 8.59. The number of hydrogen-bond donors (Lipinski definition) is 1. The topological polar surface area (TPSA) is 51.2 Å². The molecular formula is C13H17ClN2O2. The van der Waals surface area contributed by atoms with Crippen LogP contribution < -0.4 is 5.32 Å². The lowest BCUT2D eigenvalue weighted by molar-refractivity contribution is 0.0238. The van der Waals surface area contributed by atoms with E-state index in [9.17, 15) is 4.79 Å². The molecule has 0 unspecified atom stereocenters. The quantitative estimate of drug-likeness (QED) is 0.856. The highest BCUT2D eigenvalue weighted by atomic mass is 35.5. The van der Waals surface area contributed by atoms with Crippen LogP contribution in [0.4, 0.5) is 0 Å². The van der Waals surface area contributed by atoms with E-state index in [2.05, 4.69) is 17.2 Å². The Morgan fingerprint density at radius 2 is 2.28 bits per heavy atom. The standard InChI is InChI=1S/C13H17ClN2O2/c1-13(3-6-18-7-4-13)9-16-12(17)10-2-5-15-11(14)8-10/h2,5,8H,3-4,6-7,9H2,1H3,(H,16,17). The van der Waals surface area contributed by atoms with E-state index in [1.807, 2.05) is 0 Å². The summed E-state index contributed by atoms with van der Waals surface area (Å²) in [6, 6.07) is 3.23. The summed E-state index contributed by atoms with van der Waals surface area (Å²) >= 11 is 5.76. The molecule has 0 aliphatic carbocycles. The first-order valence-corrected chi connectivity index (χ1v) is 6.44. The van der Waals surface area contributed by atoms with Crippen LogP contribution in [0.2, 0.25) is 5.15 Å². The minimum absolute atomic E-state index is 0.105. The van der Waals surface area contributed by atoms with Crippen LogP contribution in [0.15, 0.2) is 18.3 Å². The van der Waals surface area contributed by atoms with Gasteiger partial charge in [-0.25, -0.2) is 4.98 Å². The number of aromatic nitrogens is 1. The fraction of sp³-hybridized carbons (Fsp3) is 0.538. The minimum Gasteiger partial charge on any atom is -0.381 e. The summed E-state index contributed by atoms with van der Waals surface area (Å²) in [6.45, 7) is 4.38. The lowest BCUT2D eigenvalue weighted by Gasteiger charge is -2.33. The molecule has 0 bridgehead atoms. The van der Waals surface area contributed by atoms with E-state index in [-0.39, 0.29) is 11.3 Å². The lowest BCUT2D eigenvalue weighted by atomic mass is 9.82. The Kier molecular flexibility index (Phi) is 4.19. The van der Waals surface area contributed by atoms with Gasteiger partial charge in [-0.3, -0.25) is 4.79 Å². The number of carbonyl (C=O) groups is 1. The molecule has 1 saturated heterocycles. The van der Waals surface area contributed by atoms with E-state index in [1.165, 1.54) is 6.20 Å². The van der Waals surface area contributed by atoms with Crippen molar-refractivity contribution in [1.82, 2.24) is 10.3 Å². The van der Waals surface area contributed by atoms with Gasteiger partial charge in [-0.2, -0.15) is 0 Å². The Hall–Kier alpha value is -1.13. The van der Waals surface area contributed by atoms with Gasteiger partial charge in [0.05, 0.1) is 0 Å². The Bertz CT molecular complexity index is 431. The molecule has 4 nitrogen and oxygen atoms in total. The molecular weight excluding hydrogens is 252 g/mol. The normalized spacial score (nSPS) is 18.3. The van der Waals surface area contributed by atoms with Crippen molar-refractivity contribution in [1.29, 1.82) is 0 Å². The number of hydrogen-bond acceptors (Lipinski definition) is 3. The minimum atomic E-state index is -0.105. The lowest BCUT2D eigenvalue weighted by Crippen LogP contribution is -2.39. The summed E-state index contributed by atoms with van der Waals surface area (Å²) in [5.41, 5.74) is 0.677. The number of halogens is 1. The molecule has 0 aromatic carbocycles. The van der Waals surface area contributed by atoms with Gasteiger partial charge in [0.15, 0.2) is 0 Å². The molecule has 0 saturated carbocycles. The first kappa shape index (κ1) is 13.3. The SMILES string of the molecule is CC1(CNC(=O)c2ccnc(Cl)c2)CCOCC1. The van der Waals surface area contributed by atoms with Crippen molar-refractivity contribution in [2.75, 3.05) is 19.8 Å². The maximum absolute atomic E-state index is 12.0. The molecule has 1 aliphatic rings. The first-order valence-electron chi connectivity index (χ1n) is 6.07. The van der Waals surface area contributed by atoms with Crippen LogP contribution in [0, 0.1) is 5.41 Å². The number of nitrogens with one attached hydrogen (secondary N) is 1. The van der Waals surface area contributed by atoms with Gasteiger partial charge in [-0.05, 0) is 30.4 Å². The van der Waals surface area contributed by atoms with Crippen molar-refractivity contribution < 1.29 is 9.53 Å². The van der Waals surface area contributed by atoms with E-state index >= 15 is 0 Å². The molecule has 2 rings (SSSR count). The fourth-order valence-electron chi connectivity index (χ4n) is 1.98. The van der Waals surface area contributed by atoms with E-state index in [4.69, 9.17) is 16.3 Å². The van der Waals surface area contributed by atoms with Crippen LogP contribution in [0.25, 0.3) is 0 Å². The van der Waals surface area contributed by atoms with Gasteiger partial charge < -0.3 is 10.1 Å².